The number of hydrogen-bond acceptors (Lipinski definition) is 7. The molecular weight excluding hydrogens is 247 g/mol. The highest BCUT2D eigenvalue weighted by Crippen LogP contribution is 2.40. The van der Waals surface area contributed by atoms with E-state index in [1.807, 2.05) is 0 Å². The molecule has 1 rings (SSSR count). The Bertz CT molecular complexity index is 277. The number of hydrogen-bond donors (Lipinski definition) is 6. The fraction of sp³-hybridized carbons (Fsp3) is 1.00. The lowest BCUT2D eigenvalue weighted by Crippen LogP contribution is -2.41. The lowest BCUT2D eigenvalue weighted by Gasteiger charge is -2.23. The third kappa shape index (κ3) is 3.20. The monoisotopic (exact) mass is 260 g/mol. The van der Waals surface area contributed by atoms with E-state index in [4.69, 9.17) is 25.1 Å². The molecule has 0 spiro atoms. The largest absolute Gasteiger partial charge is 0.470 e. The molecule has 1 saturated heterocycles. The van der Waals surface area contributed by atoms with Crippen LogP contribution in [0.4, 0.5) is 0 Å². The van der Waals surface area contributed by atoms with Crippen LogP contribution in [0.25, 0.3) is 0 Å². The number of aliphatic hydroxyl groups is 4. The Morgan fingerprint density at radius 1 is 1.25 bits per heavy atom. The van der Waals surface area contributed by atoms with Crippen LogP contribution in [0.2, 0.25) is 0 Å². The first-order valence-corrected chi connectivity index (χ1v) is 5.83. The van der Waals surface area contributed by atoms with Gasteiger partial charge in [-0.2, -0.15) is 0 Å². The van der Waals surface area contributed by atoms with Gasteiger partial charge in [-0.25, -0.2) is 4.57 Å². The van der Waals surface area contributed by atoms with Crippen LogP contribution in [0.5, 0.6) is 0 Å². The van der Waals surface area contributed by atoms with Crippen molar-refractivity contribution in [3.05, 3.63) is 0 Å². The van der Waals surface area contributed by atoms with Crippen LogP contribution in [0.1, 0.15) is 0 Å². The molecule has 1 fully saturated rings. The van der Waals surface area contributed by atoms with Crippen molar-refractivity contribution in [3.8, 4) is 0 Å². The predicted octanol–water partition coefficient (Wildman–Crippen LogP) is -3.10. The molecule has 0 saturated carbocycles. The average molecular weight is 260 g/mol. The molecule has 9 nitrogen and oxygen atoms in total. The van der Waals surface area contributed by atoms with Crippen LogP contribution >= 0.6 is 7.82 Å². The minimum Gasteiger partial charge on any atom is -0.394 e. The molecule has 1 heterocycles. The Morgan fingerprint density at radius 3 is 2.12 bits per heavy atom. The molecule has 0 radical (unpaired) electrons. The van der Waals surface area contributed by atoms with Gasteiger partial charge < -0.3 is 34.9 Å². The van der Waals surface area contributed by atoms with Crippen LogP contribution in [0.3, 0.4) is 0 Å². The van der Waals surface area contributed by atoms with E-state index in [2.05, 4.69) is 9.26 Å². The van der Waals surface area contributed by atoms with E-state index in [1.54, 1.807) is 0 Å². The molecule has 1 aliphatic rings. The molecule has 1 aliphatic heterocycles. The summed E-state index contributed by atoms with van der Waals surface area (Å²) >= 11 is 0. The number of rotatable bonds is 4. The summed E-state index contributed by atoms with van der Waals surface area (Å²) in [6, 6.07) is 0. The molecule has 96 valence electrons. The second-order valence-corrected chi connectivity index (χ2v) is 4.48. The first-order chi connectivity index (χ1) is 7.26. The summed E-state index contributed by atoms with van der Waals surface area (Å²) in [6.45, 7) is -0.855. The van der Waals surface area contributed by atoms with E-state index in [0.717, 1.165) is 0 Å². The quantitative estimate of drug-likeness (QED) is 0.288. The third-order valence-electron chi connectivity index (χ3n) is 2.09. The number of phosphoric ester groups is 1. The minimum atomic E-state index is -4.87. The van der Waals surface area contributed by atoms with E-state index in [-0.39, 0.29) is 0 Å². The Labute approximate surface area is 90.1 Å². The predicted molar refractivity (Wildman–Crippen MR) is 46.9 cm³/mol. The maximum atomic E-state index is 10.5. The van der Waals surface area contributed by atoms with Gasteiger partial charge in [-0.3, -0.25) is 4.52 Å². The average Bonchev–Trinajstić information content (AvgIpc) is 2.41. The van der Waals surface area contributed by atoms with Gasteiger partial charge in [0, 0.05) is 0 Å². The van der Waals surface area contributed by atoms with Crippen LogP contribution in [-0.4, -0.2) is 67.5 Å². The van der Waals surface area contributed by atoms with E-state index in [0.29, 0.717) is 0 Å². The van der Waals surface area contributed by atoms with E-state index < -0.39 is 45.1 Å². The van der Waals surface area contributed by atoms with E-state index in [9.17, 15) is 9.67 Å². The molecule has 0 amide bonds. The molecular formula is C6H13O9P. The van der Waals surface area contributed by atoms with Crippen molar-refractivity contribution in [1.82, 2.24) is 0 Å². The van der Waals surface area contributed by atoms with Gasteiger partial charge in [0.15, 0.2) is 6.29 Å². The highest BCUT2D eigenvalue weighted by molar-refractivity contribution is 7.46. The maximum Gasteiger partial charge on any atom is 0.470 e. The molecule has 0 aromatic heterocycles. The second-order valence-electron chi connectivity index (χ2n) is 3.29. The van der Waals surface area contributed by atoms with Gasteiger partial charge in [-0.15, -0.1) is 0 Å². The fourth-order valence-electron chi connectivity index (χ4n) is 1.37. The van der Waals surface area contributed by atoms with Gasteiger partial charge in [-0.05, 0) is 0 Å². The van der Waals surface area contributed by atoms with E-state index >= 15 is 0 Å². The molecule has 5 atom stereocenters. The van der Waals surface area contributed by atoms with Gasteiger partial charge in [0.25, 0.3) is 0 Å². The highest BCUT2D eigenvalue weighted by atomic mass is 31.2. The van der Waals surface area contributed by atoms with Crippen molar-refractivity contribution in [3.63, 3.8) is 0 Å². The molecule has 10 heteroatoms. The molecule has 0 aliphatic carbocycles. The van der Waals surface area contributed by atoms with Crippen molar-refractivity contribution in [2.75, 3.05) is 6.61 Å². The van der Waals surface area contributed by atoms with Gasteiger partial charge in [0.1, 0.15) is 24.4 Å². The topological polar surface area (TPSA) is 157 Å². The van der Waals surface area contributed by atoms with Crippen LogP contribution in [0, 0.1) is 0 Å². The number of aliphatic hydroxyl groups excluding tert-OH is 4. The normalized spacial score (nSPS) is 37.6. The Hall–Kier alpha value is -0.0900. The third-order valence-corrected chi connectivity index (χ3v) is 2.64. The molecule has 0 aromatic carbocycles. The smallest absolute Gasteiger partial charge is 0.394 e. The summed E-state index contributed by atoms with van der Waals surface area (Å²) in [6.07, 6.45) is -7.92. The molecule has 0 bridgehead atoms. The standard InChI is InChI=1S/C6H13O9P/c7-1-2(15-16(11,12)13)5-3(8)4(9)6(10)14-5/h2-10H,1H2,(H2,11,12,13)/t2-,3-,4-,5-,6?/m1/s1. The summed E-state index contributed by atoms with van der Waals surface area (Å²) < 4.78 is 19.3. The molecule has 16 heavy (non-hydrogen) atoms. The van der Waals surface area contributed by atoms with Gasteiger partial charge in [0.2, 0.25) is 0 Å². The van der Waals surface area contributed by atoms with Crippen LogP contribution in [-0.2, 0) is 13.8 Å². The first-order valence-electron chi connectivity index (χ1n) is 4.30. The fourth-order valence-corrected chi connectivity index (χ4v) is 1.91. The SMILES string of the molecule is O=P(O)(O)O[C@H](CO)[C@H]1OC(O)[C@H](O)[C@H]1O. The van der Waals surface area contributed by atoms with Crippen LogP contribution in [0.15, 0.2) is 0 Å². The van der Waals surface area contributed by atoms with Gasteiger partial charge in [-0.1, -0.05) is 0 Å². The highest BCUT2D eigenvalue weighted by Gasteiger charge is 2.47. The second kappa shape index (κ2) is 5.05. The van der Waals surface area contributed by atoms with Crippen LogP contribution < -0.4 is 0 Å². The lowest BCUT2D eigenvalue weighted by molar-refractivity contribution is -0.148. The zero-order valence-corrected chi connectivity index (χ0v) is 8.84. The summed E-state index contributed by atoms with van der Waals surface area (Å²) in [5, 5.41) is 36.3. The number of ether oxygens (including phenoxy) is 1. The van der Waals surface area contributed by atoms with Gasteiger partial charge in [0.05, 0.1) is 6.61 Å². The summed E-state index contributed by atoms with van der Waals surface area (Å²) in [5.74, 6) is 0. The van der Waals surface area contributed by atoms with Crippen molar-refractivity contribution in [2.45, 2.75) is 30.7 Å². The first kappa shape index (κ1) is 14.0. The molecule has 0 aromatic rings. The van der Waals surface area contributed by atoms with E-state index in [1.165, 1.54) is 0 Å². The lowest BCUT2D eigenvalue weighted by atomic mass is 10.1. The van der Waals surface area contributed by atoms with Crippen molar-refractivity contribution >= 4 is 7.82 Å². The maximum absolute atomic E-state index is 10.5. The molecule has 6 N–H and O–H groups in total. The van der Waals surface area contributed by atoms with Crippen molar-refractivity contribution < 1.29 is 44.0 Å². The van der Waals surface area contributed by atoms with Crippen molar-refractivity contribution in [1.29, 1.82) is 0 Å². The summed E-state index contributed by atoms with van der Waals surface area (Å²) in [7, 11) is -4.87. The Kier molecular flexibility index (Phi) is 4.41. The summed E-state index contributed by atoms with van der Waals surface area (Å²) in [4.78, 5) is 17.0. The Balaban J connectivity index is 2.71. The zero-order chi connectivity index (χ0) is 12.5. The zero-order valence-electron chi connectivity index (χ0n) is 7.95. The Morgan fingerprint density at radius 2 is 1.81 bits per heavy atom. The van der Waals surface area contributed by atoms with Crippen molar-refractivity contribution in [2.24, 2.45) is 0 Å². The summed E-state index contributed by atoms with van der Waals surface area (Å²) in [5.41, 5.74) is 0. The minimum absolute atomic E-state index is 0.855. The molecule has 1 unspecified atom stereocenters. The van der Waals surface area contributed by atoms with Gasteiger partial charge >= 0.3 is 7.82 Å². The number of phosphoric acid groups is 1.